The first-order chi connectivity index (χ1) is 5.25. The standard InChI is InChI=1S/C9H19NO2/c1-7(6-8(11)12)10(5)9(2,3)4/h7H,6H2,1-5H3,(H,11,12). The topological polar surface area (TPSA) is 40.5 Å². The molecule has 0 aliphatic rings. The predicted octanol–water partition coefficient (Wildman–Crippen LogP) is 1.58. The van der Waals surface area contributed by atoms with Gasteiger partial charge >= 0.3 is 5.97 Å². The van der Waals surface area contributed by atoms with Gasteiger partial charge in [-0.05, 0) is 34.7 Å². The highest BCUT2D eigenvalue weighted by atomic mass is 16.4. The minimum absolute atomic E-state index is 0.0366. The lowest BCUT2D eigenvalue weighted by Crippen LogP contribution is -2.44. The molecule has 0 aliphatic carbocycles. The smallest absolute Gasteiger partial charge is 0.304 e. The molecule has 0 aromatic heterocycles. The molecule has 0 radical (unpaired) electrons. The van der Waals surface area contributed by atoms with E-state index in [1.54, 1.807) is 0 Å². The number of aliphatic carboxylic acids is 1. The van der Waals surface area contributed by atoms with Gasteiger partial charge in [-0.25, -0.2) is 0 Å². The molecule has 0 rings (SSSR count). The molecule has 0 fully saturated rings. The summed E-state index contributed by atoms with van der Waals surface area (Å²) in [4.78, 5) is 12.5. The van der Waals surface area contributed by atoms with Crippen molar-refractivity contribution in [2.75, 3.05) is 7.05 Å². The Morgan fingerprint density at radius 2 is 1.92 bits per heavy atom. The summed E-state index contributed by atoms with van der Waals surface area (Å²) in [5.74, 6) is -0.737. The number of carboxylic acids is 1. The Morgan fingerprint density at radius 1 is 1.50 bits per heavy atom. The molecule has 3 heteroatoms. The molecule has 0 heterocycles. The largest absolute Gasteiger partial charge is 0.481 e. The van der Waals surface area contributed by atoms with Crippen LogP contribution in [0.2, 0.25) is 0 Å². The minimum atomic E-state index is -0.737. The Hall–Kier alpha value is -0.570. The van der Waals surface area contributed by atoms with Crippen LogP contribution >= 0.6 is 0 Å². The Labute approximate surface area is 74.4 Å². The lowest BCUT2D eigenvalue weighted by atomic mass is 10.0. The van der Waals surface area contributed by atoms with Crippen LogP contribution in [0.15, 0.2) is 0 Å². The van der Waals surface area contributed by atoms with E-state index in [4.69, 9.17) is 5.11 Å². The number of hydrogen-bond acceptors (Lipinski definition) is 2. The summed E-state index contributed by atoms with van der Waals surface area (Å²) >= 11 is 0. The lowest BCUT2D eigenvalue weighted by Gasteiger charge is -2.36. The molecule has 0 aliphatic heterocycles. The second-order valence-electron chi connectivity index (χ2n) is 4.23. The fourth-order valence-corrected chi connectivity index (χ4v) is 1.05. The molecular formula is C9H19NO2. The van der Waals surface area contributed by atoms with Gasteiger partial charge in [-0.15, -0.1) is 0 Å². The van der Waals surface area contributed by atoms with E-state index in [9.17, 15) is 4.79 Å². The summed E-state index contributed by atoms with van der Waals surface area (Å²) in [5.41, 5.74) is 0.0366. The molecule has 0 aromatic carbocycles. The van der Waals surface area contributed by atoms with Crippen LogP contribution in [0.4, 0.5) is 0 Å². The highest BCUT2D eigenvalue weighted by Crippen LogP contribution is 2.15. The van der Waals surface area contributed by atoms with Crippen molar-refractivity contribution in [1.29, 1.82) is 0 Å². The van der Waals surface area contributed by atoms with E-state index < -0.39 is 5.97 Å². The lowest BCUT2D eigenvalue weighted by molar-refractivity contribution is -0.138. The summed E-state index contributed by atoms with van der Waals surface area (Å²) in [7, 11) is 1.95. The molecule has 1 unspecified atom stereocenters. The Kier molecular flexibility index (Phi) is 3.71. The maximum atomic E-state index is 10.4. The highest BCUT2D eigenvalue weighted by molar-refractivity contribution is 5.67. The Morgan fingerprint density at radius 3 is 2.17 bits per heavy atom. The van der Waals surface area contributed by atoms with Gasteiger partial charge in [-0.3, -0.25) is 9.69 Å². The molecule has 0 saturated heterocycles. The summed E-state index contributed by atoms with van der Waals surface area (Å²) in [6.45, 7) is 8.15. The first-order valence-electron chi connectivity index (χ1n) is 4.20. The number of carbonyl (C=O) groups is 1. The second kappa shape index (κ2) is 3.90. The van der Waals surface area contributed by atoms with Crippen LogP contribution in [0.5, 0.6) is 0 Å². The quantitative estimate of drug-likeness (QED) is 0.704. The van der Waals surface area contributed by atoms with Crippen molar-refractivity contribution in [1.82, 2.24) is 4.90 Å². The predicted molar refractivity (Wildman–Crippen MR) is 49.2 cm³/mol. The monoisotopic (exact) mass is 173 g/mol. The SMILES string of the molecule is CC(CC(=O)O)N(C)C(C)(C)C. The zero-order valence-corrected chi connectivity index (χ0v) is 8.59. The number of carboxylic acid groups (broad SMARTS) is 1. The van der Waals surface area contributed by atoms with Gasteiger partial charge in [0.2, 0.25) is 0 Å². The van der Waals surface area contributed by atoms with Crippen molar-refractivity contribution in [2.24, 2.45) is 0 Å². The first kappa shape index (κ1) is 11.4. The number of hydrogen-bond donors (Lipinski definition) is 1. The maximum absolute atomic E-state index is 10.4. The van der Waals surface area contributed by atoms with Crippen LogP contribution in [0.25, 0.3) is 0 Å². The minimum Gasteiger partial charge on any atom is -0.481 e. The van der Waals surface area contributed by atoms with Gasteiger partial charge in [0.05, 0.1) is 6.42 Å². The van der Waals surface area contributed by atoms with Crippen molar-refractivity contribution < 1.29 is 9.90 Å². The van der Waals surface area contributed by atoms with Crippen LogP contribution < -0.4 is 0 Å². The van der Waals surface area contributed by atoms with Crippen LogP contribution in [-0.4, -0.2) is 34.6 Å². The summed E-state index contributed by atoms with van der Waals surface area (Å²) in [6.07, 6.45) is 0.202. The van der Waals surface area contributed by atoms with Crippen LogP contribution in [-0.2, 0) is 4.79 Å². The highest BCUT2D eigenvalue weighted by Gasteiger charge is 2.23. The molecule has 0 amide bonds. The van der Waals surface area contributed by atoms with Gasteiger partial charge < -0.3 is 5.11 Å². The van der Waals surface area contributed by atoms with E-state index in [0.717, 1.165) is 0 Å². The molecule has 3 nitrogen and oxygen atoms in total. The molecule has 0 aromatic rings. The summed E-state index contributed by atoms with van der Waals surface area (Å²) in [5, 5.41) is 8.57. The van der Waals surface area contributed by atoms with Gasteiger partial charge in [0.1, 0.15) is 0 Å². The van der Waals surface area contributed by atoms with E-state index in [2.05, 4.69) is 25.7 Å². The molecule has 12 heavy (non-hydrogen) atoms. The second-order valence-corrected chi connectivity index (χ2v) is 4.23. The third-order valence-electron chi connectivity index (χ3n) is 2.19. The summed E-state index contributed by atoms with van der Waals surface area (Å²) < 4.78 is 0. The third kappa shape index (κ3) is 3.72. The van der Waals surface area contributed by atoms with Crippen LogP contribution in [0, 0.1) is 0 Å². The van der Waals surface area contributed by atoms with Gasteiger partial charge in [0.25, 0.3) is 0 Å². The Bertz CT molecular complexity index is 160. The zero-order valence-electron chi connectivity index (χ0n) is 8.59. The molecule has 72 valence electrons. The fourth-order valence-electron chi connectivity index (χ4n) is 1.05. The van der Waals surface area contributed by atoms with Gasteiger partial charge in [-0.1, -0.05) is 0 Å². The van der Waals surface area contributed by atoms with Crippen LogP contribution in [0.1, 0.15) is 34.1 Å². The van der Waals surface area contributed by atoms with E-state index in [-0.39, 0.29) is 18.0 Å². The summed E-state index contributed by atoms with van der Waals surface area (Å²) in [6, 6.07) is 0.0856. The maximum Gasteiger partial charge on any atom is 0.304 e. The van der Waals surface area contributed by atoms with Crippen LogP contribution in [0.3, 0.4) is 0 Å². The molecule has 1 atom stereocenters. The molecule has 0 saturated carbocycles. The van der Waals surface area contributed by atoms with Crippen molar-refractivity contribution in [2.45, 2.75) is 45.7 Å². The van der Waals surface area contributed by atoms with Gasteiger partial charge in [0.15, 0.2) is 0 Å². The number of rotatable bonds is 3. The van der Waals surface area contributed by atoms with E-state index in [1.807, 2.05) is 14.0 Å². The fraction of sp³-hybridized carbons (Fsp3) is 0.889. The van der Waals surface area contributed by atoms with Crippen molar-refractivity contribution >= 4 is 5.97 Å². The third-order valence-corrected chi connectivity index (χ3v) is 2.19. The Balaban J connectivity index is 4.10. The molecular weight excluding hydrogens is 154 g/mol. The van der Waals surface area contributed by atoms with Crippen molar-refractivity contribution in [3.8, 4) is 0 Å². The molecule has 0 spiro atoms. The van der Waals surface area contributed by atoms with E-state index >= 15 is 0 Å². The average Bonchev–Trinajstić information content (AvgIpc) is 1.82. The number of nitrogens with zero attached hydrogens (tertiary/aromatic N) is 1. The first-order valence-corrected chi connectivity index (χ1v) is 4.20. The zero-order chi connectivity index (χ0) is 9.94. The van der Waals surface area contributed by atoms with E-state index in [0.29, 0.717) is 0 Å². The normalized spacial score (nSPS) is 14.8. The van der Waals surface area contributed by atoms with Crippen molar-refractivity contribution in [3.05, 3.63) is 0 Å². The average molecular weight is 173 g/mol. The van der Waals surface area contributed by atoms with Gasteiger partial charge in [0, 0.05) is 11.6 Å². The van der Waals surface area contributed by atoms with Gasteiger partial charge in [-0.2, -0.15) is 0 Å². The molecule has 0 bridgehead atoms. The molecule has 1 N–H and O–H groups in total. The van der Waals surface area contributed by atoms with Crippen molar-refractivity contribution in [3.63, 3.8) is 0 Å². The van der Waals surface area contributed by atoms with E-state index in [1.165, 1.54) is 0 Å².